The van der Waals surface area contributed by atoms with Crippen molar-refractivity contribution < 1.29 is 14.5 Å². The maximum absolute atomic E-state index is 11.8. The molecular formula is C14H14N2O4S. The Bertz CT molecular complexity index is 640. The third-order valence-corrected chi connectivity index (χ3v) is 3.66. The zero-order valence-electron chi connectivity index (χ0n) is 11.4. The van der Waals surface area contributed by atoms with Crippen molar-refractivity contribution in [3.05, 3.63) is 50.3 Å². The van der Waals surface area contributed by atoms with Gasteiger partial charge in [-0.05, 0) is 39.9 Å². The Kier molecular flexibility index (Phi) is 4.99. The van der Waals surface area contributed by atoms with E-state index in [4.69, 9.17) is 4.74 Å². The highest BCUT2D eigenvalue weighted by Gasteiger charge is 2.17. The molecule has 0 aliphatic heterocycles. The molecule has 0 saturated heterocycles. The van der Waals surface area contributed by atoms with E-state index in [1.165, 1.54) is 17.4 Å². The van der Waals surface area contributed by atoms with E-state index in [1.54, 1.807) is 19.1 Å². The van der Waals surface area contributed by atoms with Gasteiger partial charge in [0.1, 0.15) is 5.69 Å². The molecule has 0 fully saturated rings. The third-order valence-electron chi connectivity index (χ3n) is 2.75. The van der Waals surface area contributed by atoms with Crippen LogP contribution in [-0.4, -0.2) is 22.3 Å². The predicted molar refractivity (Wildman–Crippen MR) is 79.0 cm³/mol. The van der Waals surface area contributed by atoms with E-state index in [1.807, 2.05) is 11.4 Å². The lowest BCUT2D eigenvalue weighted by Crippen LogP contribution is -2.05. The normalized spacial score (nSPS) is 10.3. The first-order chi connectivity index (χ1) is 10.1. The first-order valence-electron chi connectivity index (χ1n) is 6.39. The molecule has 0 bridgehead atoms. The molecule has 2 aromatic heterocycles. The summed E-state index contributed by atoms with van der Waals surface area (Å²) in [6, 6.07) is 6.79. The molecule has 0 spiro atoms. The number of aromatic nitrogens is 1. The molecule has 0 aliphatic rings. The number of aryl methyl sites for hydroxylation is 1. The van der Waals surface area contributed by atoms with E-state index in [0.29, 0.717) is 18.5 Å². The zero-order chi connectivity index (χ0) is 15.2. The van der Waals surface area contributed by atoms with Crippen LogP contribution in [0.5, 0.6) is 5.75 Å². The molecule has 7 heteroatoms. The number of ketones is 1. The largest absolute Gasteiger partial charge is 0.486 e. The van der Waals surface area contributed by atoms with Crippen LogP contribution >= 0.6 is 11.3 Å². The summed E-state index contributed by atoms with van der Waals surface area (Å²) in [5, 5.41) is 12.7. The van der Waals surface area contributed by atoms with E-state index in [2.05, 4.69) is 4.98 Å². The molecule has 0 atom stereocenters. The van der Waals surface area contributed by atoms with Gasteiger partial charge in [0.2, 0.25) is 5.75 Å². The lowest BCUT2D eigenvalue weighted by Gasteiger charge is -2.06. The van der Waals surface area contributed by atoms with E-state index in [-0.39, 0.29) is 24.0 Å². The molecule has 2 heterocycles. The number of hydrogen-bond acceptors (Lipinski definition) is 6. The number of thiophene rings is 1. The van der Waals surface area contributed by atoms with Gasteiger partial charge in [-0.15, -0.1) is 11.3 Å². The van der Waals surface area contributed by atoms with Crippen LogP contribution in [0.2, 0.25) is 0 Å². The zero-order valence-corrected chi connectivity index (χ0v) is 12.3. The number of hydrogen-bond donors (Lipinski definition) is 0. The second kappa shape index (κ2) is 6.94. The van der Waals surface area contributed by atoms with Crippen LogP contribution in [0.4, 0.5) is 5.82 Å². The molecule has 0 aromatic carbocycles. The first kappa shape index (κ1) is 15.1. The van der Waals surface area contributed by atoms with E-state index < -0.39 is 4.92 Å². The van der Waals surface area contributed by atoms with Crippen molar-refractivity contribution in [1.29, 1.82) is 0 Å². The van der Waals surface area contributed by atoms with Gasteiger partial charge in [0.15, 0.2) is 5.78 Å². The molecule has 2 aromatic rings. The summed E-state index contributed by atoms with van der Waals surface area (Å²) >= 11 is 1.40. The van der Waals surface area contributed by atoms with Gasteiger partial charge in [0.05, 0.1) is 11.5 Å². The Balaban J connectivity index is 1.86. The number of carbonyl (C=O) groups is 1. The van der Waals surface area contributed by atoms with Gasteiger partial charge >= 0.3 is 5.82 Å². The molecule has 0 N–H and O–H groups in total. The van der Waals surface area contributed by atoms with Crippen molar-refractivity contribution in [2.75, 3.05) is 6.61 Å². The Morgan fingerprint density at radius 1 is 1.43 bits per heavy atom. The van der Waals surface area contributed by atoms with Crippen LogP contribution in [0.1, 0.15) is 28.2 Å². The van der Waals surface area contributed by atoms with Crippen LogP contribution in [0.15, 0.2) is 29.6 Å². The minimum atomic E-state index is -0.570. The lowest BCUT2D eigenvalue weighted by molar-refractivity contribution is -0.390. The fraction of sp³-hybridized carbons (Fsp3) is 0.286. The Labute approximate surface area is 125 Å². The number of nitrogens with zero attached hydrogens (tertiary/aromatic N) is 2. The number of rotatable bonds is 7. The summed E-state index contributed by atoms with van der Waals surface area (Å²) in [4.78, 5) is 26.6. The SMILES string of the molecule is Cc1ccc(OCCCC(=O)c2cccs2)c([N+](=O)[O-])n1. The average molecular weight is 306 g/mol. The molecule has 2 rings (SSSR count). The average Bonchev–Trinajstić information content (AvgIpc) is 2.98. The fourth-order valence-electron chi connectivity index (χ4n) is 1.75. The molecular weight excluding hydrogens is 292 g/mol. The topological polar surface area (TPSA) is 82.3 Å². The summed E-state index contributed by atoms with van der Waals surface area (Å²) < 4.78 is 5.37. The van der Waals surface area contributed by atoms with Crippen molar-refractivity contribution in [2.45, 2.75) is 19.8 Å². The molecule has 0 radical (unpaired) electrons. The van der Waals surface area contributed by atoms with Crippen molar-refractivity contribution in [2.24, 2.45) is 0 Å². The van der Waals surface area contributed by atoms with Crippen LogP contribution < -0.4 is 4.74 Å². The molecule has 6 nitrogen and oxygen atoms in total. The van der Waals surface area contributed by atoms with Crippen molar-refractivity contribution in [1.82, 2.24) is 4.98 Å². The van der Waals surface area contributed by atoms with Crippen molar-refractivity contribution in [3.8, 4) is 5.75 Å². The molecule has 21 heavy (non-hydrogen) atoms. The van der Waals surface area contributed by atoms with Crippen molar-refractivity contribution in [3.63, 3.8) is 0 Å². The fourth-order valence-corrected chi connectivity index (χ4v) is 2.44. The molecule has 110 valence electrons. The highest BCUT2D eigenvalue weighted by molar-refractivity contribution is 7.12. The summed E-state index contributed by atoms with van der Waals surface area (Å²) in [6.45, 7) is 1.92. The van der Waals surface area contributed by atoms with Crippen LogP contribution in [-0.2, 0) is 0 Å². The minimum Gasteiger partial charge on any atom is -0.486 e. The lowest BCUT2D eigenvalue weighted by atomic mass is 10.2. The highest BCUT2D eigenvalue weighted by atomic mass is 32.1. The van der Waals surface area contributed by atoms with E-state index in [0.717, 1.165) is 4.88 Å². The van der Waals surface area contributed by atoms with Gasteiger partial charge < -0.3 is 14.9 Å². The van der Waals surface area contributed by atoms with Crippen molar-refractivity contribution >= 4 is 22.9 Å². The second-order valence-corrected chi connectivity index (χ2v) is 5.33. The summed E-state index contributed by atoms with van der Waals surface area (Å²) in [5.74, 6) is -0.0983. The minimum absolute atomic E-state index is 0.0603. The molecule has 0 aliphatic carbocycles. The second-order valence-electron chi connectivity index (χ2n) is 4.38. The quantitative estimate of drug-likeness (QED) is 0.339. The Morgan fingerprint density at radius 2 is 2.24 bits per heavy atom. The van der Waals surface area contributed by atoms with Gasteiger partial charge in [0.25, 0.3) is 0 Å². The van der Waals surface area contributed by atoms with Crippen LogP contribution in [0.25, 0.3) is 0 Å². The first-order valence-corrected chi connectivity index (χ1v) is 7.27. The summed E-state index contributed by atoms with van der Waals surface area (Å²) in [7, 11) is 0. The van der Waals surface area contributed by atoms with Crippen LogP contribution in [0.3, 0.4) is 0 Å². The number of Topliss-reactive ketones (excluding diaryl/α,β-unsaturated/α-hetero) is 1. The van der Waals surface area contributed by atoms with E-state index in [9.17, 15) is 14.9 Å². The van der Waals surface area contributed by atoms with Gasteiger partial charge in [-0.3, -0.25) is 4.79 Å². The number of nitro groups is 1. The van der Waals surface area contributed by atoms with Gasteiger partial charge in [-0.25, -0.2) is 0 Å². The Hall–Kier alpha value is -2.28. The third kappa shape index (κ3) is 4.09. The number of ether oxygens (including phenoxy) is 1. The van der Waals surface area contributed by atoms with Gasteiger partial charge in [-0.1, -0.05) is 6.07 Å². The molecule has 0 unspecified atom stereocenters. The maximum Gasteiger partial charge on any atom is 0.406 e. The van der Waals surface area contributed by atoms with Gasteiger partial charge in [-0.2, -0.15) is 0 Å². The van der Waals surface area contributed by atoms with E-state index >= 15 is 0 Å². The maximum atomic E-state index is 11.8. The number of pyridine rings is 1. The predicted octanol–water partition coefficient (Wildman–Crippen LogP) is 3.40. The highest BCUT2D eigenvalue weighted by Crippen LogP contribution is 2.24. The number of carbonyl (C=O) groups excluding carboxylic acids is 1. The van der Waals surface area contributed by atoms with Gasteiger partial charge in [0, 0.05) is 13.3 Å². The standard InChI is InChI=1S/C14H14N2O4S/c1-10-6-7-12(14(15-10)16(18)19)20-8-2-4-11(17)13-5-3-9-21-13/h3,5-7,9H,2,4,8H2,1H3. The Morgan fingerprint density at radius 3 is 2.90 bits per heavy atom. The monoisotopic (exact) mass is 306 g/mol. The molecule has 0 amide bonds. The van der Waals surface area contributed by atoms with Crippen LogP contribution in [0, 0.1) is 17.0 Å². The smallest absolute Gasteiger partial charge is 0.406 e. The summed E-state index contributed by atoms with van der Waals surface area (Å²) in [5.41, 5.74) is 0.557. The summed E-state index contributed by atoms with van der Waals surface area (Å²) in [6.07, 6.45) is 0.857. The molecule has 0 saturated carbocycles.